The average Bonchev–Trinajstić information content (AvgIpc) is 3.46. The molecule has 10 heteroatoms. The third-order valence-electron chi connectivity index (χ3n) is 7.68. The number of rotatable bonds is 8. The van der Waals surface area contributed by atoms with Crippen LogP contribution in [0.3, 0.4) is 0 Å². The molecule has 0 radical (unpaired) electrons. The highest BCUT2D eigenvalue weighted by Crippen LogP contribution is 2.26. The maximum Gasteiger partial charge on any atom is 0.280 e. The fourth-order valence-electron chi connectivity index (χ4n) is 5.49. The van der Waals surface area contributed by atoms with Gasteiger partial charge in [-0.1, -0.05) is 18.2 Å². The van der Waals surface area contributed by atoms with Gasteiger partial charge in [0.1, 0.15) is 5.56 Å². The minimum atomic E-state index is -0.622. The van der Waals surface area contributed by atoms with Gasteiger partial charge < -0.3 is 20.1 Å². The highest BCUT2D eigenvalue weighted by molar-refractivity contribution is 5.96. The number of pyridine rings is 1. The number of nitrogens with zero attached hydrogens (tertiary/aromatic N) is 4. The molecule has 40 heavy (non-hydrogen) atoms. The van der Waals surface area contributed by atoms with Crippen molar-refractivity contribution in [1.82, 2.24) is 30.2 Å². The Morgan fingerprint density at radius 2 is 1.88 bits per heavy atom. The third-order valence-corrected chi connectivity index (χ3v) is 7.68. The molecule has 1 amide bonds. The molecule has 2 aromatic carbocycles. The third kappa shape index (κ3) is 5.46. The molecule has 1 aliphatic heterocycles. The Hall–Kier alpha value is -4.12. The maximum atomic E-state index is 13.3. The predicted octanol–water partition coefficient (Wildman–Crippen LogP) is 2.75. The van der Waals surface area contributed by atoms with E-state index in [-0.39, 0.29) is 10.9 Å². The van der Waals surface area contributed by atoms with Gasteiger partial charge in [0.25, 0.3) is 5.91 Å². The molecule has 3 heterocycles. The number of aromatic nitrogens is 3. The van der Waals surface area contributed by atoms with E-state index >= 15 is 0 Å². The summed E-state index contributed by atoms with van der Waals surface area (Å²) in [5.74, 6) is -0.256. The lowest BCUT2D eigenvalue weighted by molar-refractivity contribution is 0.0536. The number of hydroxylamine groups is 1. The quantitative estimate of drug-likeness (QED) is 0.293. The van der Waals surface area contributed by atoms with Crippen LogP contribution in [0.2, 0.25) is 0 Å². The van der Waals surface area contributed by atoms with Crippen LogP contribution in [0.25, 0.3) is 16.7 Å². The van der Waals surface area contributed by atoms with Crippen LogP contribution in [-0.2, 0) is 24.1 Å². The van der Waals surface area contributed by atoms with Gasteiger partial charge in [-0.25, -0.2) is 10.5 Å². The van der Waals surface area contributed by atoms with Crippen molar-refractivity contribution in [2.45, 2.75) is 25.7 Å². The van der Waals surface area contributed by atoms with E-state index in [1.807, 2.05) is 18.2 Å². The van der Waals surface area contributed by atoms with Gasteiger partial charge in [-0.05, 0) is 66.6 Å². The standard InChI is InChI=1S/C30H33N7O3/c1-40-35-29(39)26-19-37(24-10-7-21-3-2-4-22(21)17-24)28-25(27(26)38)18-32-30(34-28)33-23-8-5-20(6-9-23)11-14-36-15-12-31-13-16-36/h5-10,17-19,31H,2-4,11-16H2,1H3,(H,35,39)(H,32,33,34). The number of fused-ring (bicyclic) bond motifs is 2. The number of aryl methyl sites for hydroxylation is 2. The van der Waals surface area contributed by atoms with Crippen LogP contribution in [0.1, 0.15) is 33.5 Å². The molecule has 4 aromatic rings. The number of amides is 1. The second-order valence-electron chi connectivity index (χ2n) is 10.3. The molecule has 0 atom stereocenters. The second-order valence-corrected chi connectivity index (χ2v) is 10.3. The topological polar surface area (TPSA) is 113 Å². The van der Waals surface area contributed by atoms with Gasteiger partial charge in [-0.2, -0.15) is 4.98 Å². The highest BCUT2D eigenvalue weighted by Gasteiger charge is 2.20. The van der Waals surface area contributed by atoms with Gasteiger partial charge in [0.2, 0.25) is 11.4 Å². The zero-order chi connectivity index (χ0) is 27.5. The van der Waals surface area contributed by atoms with Crippen molar-refractivity contribution in [3.8, 4) is 5.69 Å². The summed E-state index contributed by atoms with van der Waals surface area (Å²) in [6, 6.07) is 14.5. The molecule has 1 aliphatic carbocycles. The summed E-state index contributed by atoms with van der Waals surface area (Å²) in [7, 11) is 1.33. The molecule has 206 valence electrons. The molecule has 0 unspecified atom stereocenters. The fraction of sp³-hybridized carbons (Fsp3) is 0.333. The molecule has 0 saturated carbocycles. The molecule has 0 bridgehead atoms. The lowest BCUT2D eigenvalue weighted by atomic mass is 10.1. The number of piperazine rings is 1. The first-order valence-corrected chi connectivity index (χ1v) is 13.8. The first-order valence-electron chi connectivity index (χ1n) is 13.8. The largest absolute Gasteiger partial charge is 0.324 e. The molecule has 0 spiro atoms. The first kappa shape index (κ1) is 26.1. The van der Waals surface area contributed by atoms with Crippen molar-refractivity contribution in [2.24, 2.45) is 0 Å². The number of carbonyl (C=O) groups excluding carboxylic acids is 1. The van der Waals surface area contributed by atoms with E-state index in [0.29, 0.717) is 11.6 Å². The van der Waals surface area contributed by atoms with Crippen molar-refractivity contribution in [3.05, 3.63) is 87.3 Å². The summed E-state index contributed by atoms with van der Waals surface area (Å²) in [6.45, 7) is 5.34. The predicted molar refractivity (Wildman–Crippen MR) is 154 cm³/mol. The monoisotopic (exact) mass is 539 g/mol. The second kappa shape index (κ2) is 11.5. The summed E-state index contributed by atoms with van der Waals surface area (Å²) in [5.41, 5.74) is 7.74. The Bertz CT molecular complexity index is 1590. The lowest BCUT2D eigenvalue weighted by Crippen LogP contribution is -2.44. The van der Waals surface area contributed by atoms with Crippen LogP contribution in [0.5, 0.6) is 0 Å². The average molecular weight is 540 g/mol. The summed E-state index contributed by atoms with van der Waals surface area (Å²) in [5, 5.41) is 6.91. The van der Waals surface area contributed by atoms with Crippen LogP contribution in [0.4, 0.5) is 11.6 Å². The molecule has 1 fully saturated rings. The van der Waals surface area contributed by atoms with Crippen LogP contribution in [0.15, 0.2) is 59.7 Å². The number of anilines is 2. The van der Waals surface area contributed by atoms with Crippen LogP contribution >= 0.6 is 0 Å². The highest BCUT2D eigenvalue weighted by atomic mass is 16.6. The number of carbonyl (C=O) groups is 1. The molecular formula is C30H33N7O3. The Kier molecular flexibility index (Phi) is 7.54. The summed E-state index contributed by atoms with van der Waals surface area (Å²) in [6.07, 6.45) is 7.19. The van der Waals surface area contributed by atoms with Gasteiger partial charge in [0.05, 0.1) is 12.5 Å². The summed E-state index contributed by atoms with van der Waals surface area (Å²) >= 11 is 0. The Labute approximate surface area is 232 Å². The van der Waals surface area contributed by atoms with Gasteiger partial charge in [-0.15, -0.1) is 0 Å². The van der Waals surface area contributed by atoms with Crippen molar-refractivity contribution < 1.29 is 9.63 Å². The van der Waals surface area contributed by atoms with E-state index in [1.165, 1.54) is 36.2 Å². The molecule has 2 aliphatic rings. The molecule has 3 N–H and O–H groups in total. The van der Waals surface area contributed by atoms with Crippen molar-refractivity contribution in [2.75, 3.05) is 45.2 Å². The molecule has 10 nitrogen and oxygen atoms in total. The van der Waals surface area contributed by atoms with E-state index in [0.717, 1.165) is 69.8 Å². The maximum absolute atomic E-state index is 13.3. The van der Waals surface area contributed by atoms with Crippen molar-refractivity contribution in [3.63, 3.8) is 0 Å². The number of hydrogen-bond acceptors (Lipinski definition) is 8. The van der Waals surface area contributed by atoms with E-state index in [9.17, 15) is 9.59 Å². The number of nitrogens with one attached hydrogen (secondary N) is 3. The summed E-state index contributed by atoms with van der Waals surface area (Å²) in [4.78, 5) is 42.3. The van der Waals surface area contributed by atoms with E-state index in [1.54, 1.807) is 4.57 Å². The van der Waals surface area contributed by atoms with Crippen molar-refractivity contribution in [1.29, 1.82) is 0 Å². The van der Waals surface area contributed by atoms with Gasteiger partial charge in [-0.3, -0.25) is 14.4 Å². The normalized spacial score (nSPS) is 15.2. The number of hydrogen-bond donors (Lipinski definition) is 3. The Morgan fingerprint density at radius 1 is 1.07 bits per heavy atom. The van der Waals surface area contributed by atoms with Crippen LogP contribution in [-0.4, -0.2) is 65.2 Å². The van der Waals surface area contributed by atoms with E-state index in [2.05, 4.69) is 50.3 Å². The molecule has 1 saturated heterocycles. The summed E-state index contributed by atoms with van der Waals surface area (Å²) < 4.78 is 1.78. The molecule has 2 aromatic heterocycles. The zero-order valence-electron chi connectivity index (χ0n) is 22.6. The Balaban J connectivity index is 1.30. The minimum Gasteiger partial charge on any atom is -0.324 e. The number of benzene rings is 2. The first-order chi connectivity index (χ1) is 19.6. The zero-order valence-corrected chi connectivity index (χ0v) is 22.6. The molecule has 6 rings (SSSR count). The van der Waals surface area contributed by atoms with E-state index < -0.39 is 11.3 Å². The Morgan fingerprint density at radius 3 is 2.67 bits per heavy atom. The van der Waals surface area contributed by atoms with Crippen LogP contribution < -0.4 is 21.5 Å². The van der Waals surface area contributed by atoms with Gasteiger partial charge >= 0.3 is 0 Å². The molecular weight excluding hydrogens is 506 g/mol. The SMILES string of the molecule is CONC(=O)c1cn(-c2ccc3c(c2)CCC3)c2nc(Nc3ccc(CCN4CCNCC4)cc3)ncc2c1=O. The van der Waals surface area contributed by atoms with Gasteiger partial charge in [0.15, 0.2) is 5.65 Å². The minimum absolute atomic E-state index is 0.0458. The van der Waals surface area contributed by atoms with Gasteiger partial charge in [0, 0.05) is 56.5 Å². The van der Waals surface area contributed by atoms with E-state index in [4.69, 9.17) is 9.82 Å². The van der Waals surface area contributed by atoms with Crippen LogP contribution in [0, 0.1) is 0 Å². The fourth-order valence-corrected chi connectivity index (χ4v) is 5.49. The lowest BCUT2D eigenvalue weighted by Gasteiger charge is -2.27. The van der Waals surface area contributed by atoms with Crippen molar-refractivity contribution >= 4 is 28.6 Å². The smallest absolute Gasteiger partial charge is 0.280 e.